The molecule has 0 saturated carbocycles. The Balaban J connectivity index is 1.87. The maximum absolute atomic E-state index is 14.0. The molecular formula is C25H30FN5O2. The molecule has 2 N–H and O–H groups in total. The number of aliphatic imine (C=N–C) groups is 1. The number of guanidine groups is 1. The highest BCUT2D eigenvalue weighted by Crippen LogP contribution is 2.23. The highest BCUT2D eigenvalue weighted by Gasteiger charge is 2.14. The number of halogens is 1. The topological polar surface area (TPSA) is 80.5 Å². The molecule has 0 atom stereocenters. The SMILES string of the molecule is CCCn1cc(CN=C(NC(=O)c2ccc(C)c(F)c2)Nc2ccccc2OCC)c(C)n1. The Kier molecular flexibility index (Phi) is 8.18. The summed E-state index contributed by atoms with van der Waals surface area (Å²) in [6.07, 6.45) is 2.94. The first kappa shape index (κ1) is 24.0. The third-order valence-corrected chi connectivity index (χ3v) is 5.01. The second-order valence-electron chi connectivity index (χ2n) is 7.64. The van der Waals surface area contributed by atoms with E-state index in [-0.39, 0.29) is 11.5 Å². The molecule has 0 radical (unpaired) electrons. The van der Waals surface area contributed by atoms with Crippen molar-refractivity contribution in [2.24, 2.45) is 4.99 Å². The minimum absolute atomic E-state index is 0.206. The number of carbonyl (C=O) groups is 1. The van der Waals surface area contributed by atoms with Crippen molar-refractivity contribution in [3.8, 4) is 5.75 Å². The zero-order valence-corrected chi connectivity index (χ0v) is 19.5. The molecule has 8 heteroatoms. The fourth-order valence-corrected chi connectivity index (χ4v) is 3.23. The molecule has 7 nitrogen and oxygen atoms in total. The number of hydrogen-bond acceptors (Lipinski definition) is 4. The zero-order chi connectivity index (χ0) is 23.8. The van der Waals surface area contributed by atoms with Crippen molar-refractivity contribution < 1.29 is 13.9 Å². The third-order valence-electron chi connectivity index (χ3n) is 5.01. The number of aryl methyl sites for hydroxylation is 3. The molecule has 0 aliphatic heterocycles. The summed E-state index contributed by atoms with van der Waals surface area (Å²) in [5.41, 5.74) is 3.18. The molecule has 0 aliphatic rings. The van der Waals surface area contributed by atoms with Crippen molar-refractivity contribution in [1.29, 1.82) is 0 Å². The molecule has 0 spiro atoms. The number of hydrogen-bond donors (Lipinski definition) is 2. The Labute approximate surface area is 193 Å². The van der Waals surface area contributed by atoms with E-state index in [2.05, 4.69) is 27.6 Å². The lowest BCUT2D eigenvalue weighted by molar-refractivity contribution is 0.0976. The number of benzene rings is 2. The first-order valence-corrected chi connectivity index (χ1v) is 11.0. The van der Waals surface area contributed by atoms with Crippen molar-refractivity contribution in [3.63, 3.8) is 0 Å². The summed E-state index contributed by atoms with van der Waals surface area (Å²) in [5, 5.41) is 10.4. The van der Waals surface area contributed by atoms with Gasteiger partial charge in [0.05, 0.1) is 24.5 Å². The number of aromatic nitrogens is 2. The summed E-state index contributed by atoms with van der Waals surface area (Å²) in [4.78, 5) is 17.4. The first-order chi connectivity index (χ1) is 15.9. The lowest BCUT2D eigenvalue weighted by Crippen LogP contribution is -2.36. The van der Waals surface area contributed by atoms with Gasteiger partial charge >= 0.3 is 0 Å². The van der Waals surface area contributed by atoms with Crippen LogP contribution < -0.4 is 15.4 Å². The molecule has 1 aromatic heterocycles. The van der Waals surface area contributed by atoms with Gasteiger partial charge in [0.15, 0.2) is 0 Å². The Hall–Kier alpha value is -3.68. The molecule has 0 unspecified atom stereocenters. The van der Waals surface area contributed by atoms with Crippen LogP contribution in [0.15, 0.2) is 53.7 Å². The molecule has 33 heavy (non-hydrogen) atoms. The predicted molar refractivity (Wildman–Crippen MR) is 128 cm³/mol. The van der Waals surface area contributed by atoms with E-state index in [1.165, 1.54) is 6.07 Å². The molecule has 3 aromatic rings. The van der Waals surface area contributed by atoms with E-state index in [1.807, 2.05) is 49.0 Å². The Morgan fingerprint density at radius 3 is 2.70 bits per heavy atom. The number of anilines is 1. The minimum Gasteiger partial charge on any atom is -0.492 e. The van der Waals surface area contributed by atoms with Crippen LogP contribution in [-0.2, 0) is 13.1 Å². The molecule has 0 bridgehead atoms. The smallest absolute Gasteiger partial charge is 0.258 e. The summed E-state index contributed by atoms with van der Waals surface area (Å²) < 4.78 is 21.6. The van der Waals surface area contributed by atoms with Crippen LogP contribution in [0.1, 0.15) is 47.4 Å². The van der Waals surface area contributed by atoms with Gasteiger partial charge < -0.3 is 10.1 Å². The molecule has 0 saturated heterocycles. The predicted octanol–water partition coefficient (Wildman–Crippen LogP) is 4.85. The molecule has 0 fully saturated rings. The summed E-state index contributed by atoms with van der Waals surface area (Å²) in [7, 11) is 0. The van der Waals surface area contributed by atoms with Gasteiger partial charge in [0, 0.05) is 23.9 Å². The second kappa shape index (κ2) is 11.3. The quantitative estimate of drug-likeness (QED) is 0.379. The van der Waals surface area contributed by atoms with E-state index in [0.29, 0.717) is 30.2 Å². The number of carbonyl (C=O) groups excluding carboxylic acids is 1. The maximum Gasteiger partial charge on any atom is 0.258 e. The van der Waals surface area contributed by atoms with Crippen LogP contribution in [0.3, 0.4) is 0 Å². The largest absolute Gasteiger partial charge is 0.492 e. The van der Waals surface area contributed by atoms with Crippen LogP contribution in [0.2, 0.25) is 0 Å². The fraction of sp³-hybridized carbons (Fsp3) is 0.320. The van der Waals surface area contributed by atoms with Gasteiger partial charge in [-0.05, 0) is 57.0 Å². The molecule has 0 aliphatic carbocycles. The molecular weight excluding hydrogens is 421 g/mol. The Bertz CT molecular complexity index is 1140. The van der Waals surface area contributed by atoms with Crippen molar-refractivity contribution in [2.45, 2.75) is 47.2 Å². The lowest BCUT2D eigenvalue weighted by Gasteiger charge is -2.15. The summed E-state index contributed by atoms with van der Waals surface area (Å²) in [6, 6.07) is 11.8. The van der Waals surface area contributed by atoms with E-state index < -0.39 is 11.7 Å². The highest BCUT2D eigenvalue weighted by molar-refractivity contribution is 6.10. The summed E-state index contributed by atoms with van der Waals surface area (Å²) in [6.45, 7) is 9.21. The van der Waals surface area contributed by atoms with E-state index in [4.69, 9.17) is 4.74 Å². The van der Waals surface area contributed by atoms with Gasteiger partial charge in [-0.25, -0.2) is 9.38 Å². The second-order valence-corrected chi connectivity index (χ2v) is 7.64. The van der Waals surface area contributed by atoms with Gasteiger partial charge in [0.2, 0.25) is 5.96 Å². The Morgan fingerprint density at radius 1 is 1.18 bits per heavy atom. The Morgan fingerprint density at radius 2 is 1.97 bits per heavy atom. The van der Waals surface area contributed by atoms with Gasteiger partial charge in [-0.1, -0.05) is 25.1 Å². The van der Waals surface area contributed by atoms with Gasteiger partial charge in [-0.2, -0.15) is 5.10 Å². The van der Waals surface area contributed by atoms with Crippen LogP contribution in [0.4, 0.5) is 10.1 Å². The monoisotopic (exact) mass is 451 g/mol. The van der Waals surface area contributed by atoms with E-state index in [9.17, 15) is 9.18 Å². The molecule has 1 amide bonds. The van der Waals surface area contributed by atoms with Gasteiger partial charge in [-0.15, -0.1) is 0 Å². The summed E-state index contributed by atoms with van der Waals surface area (Å²) in [5.74, 6) is -0.0340. The molecule has 1 heterocycles. The summed E-state index contributed by atoms with van der Waals surface area (Å²) >= 11 is 0. The van der Waals surface area contributed by atoms with Crippen molar-refractivity contribution >= 4 is 17.6 Å². The fourth-order valence-electron chi connectivity index (χ4n) is 3.23. The van der Waals surface area contributed by atoms with Gasteiger partial charge in [0.1, 0.15) is 11.6 Å². The average molecular weight is 452 g/mol. The van der Waals surface area contributed by atoms with Crippen LogP contribution in [0, 0.1) is 19.7 Å². The molecule has 174 valence electrons. The lowest BCUT2D eigenvalue weighted by atomic mass is 10.1. The van der Waals surface area contributed by atoms with Crippen LogP contribution in [0.25, 0.3) is 0 Å². The van der Waals surface area contributed by atoms with Gasteiger partial charge in [0.25, 0.3) is 5.91 Å². The molecule has 2 aromatic carbocycles. The number of nitrogens with zero attached hydrogens (tertiary/aromatic N) is 3. The molecule has 3 rings (SSSR count). The number of ether oxygens (including phenoxy) is 1. The van der Waals surface area contributed by atoms with Crippen LogP contribution >= 0.6 is 0 Å². The normalized spacial score (nSPS) is 11.4. The number of amides is 1. The zero-order valence-electron chi connectivity index (χ0n) is 19.5. The third kappa shape index (κ3) is 6.41. The van der Waals surface area contributed by atoms with Gasteiger partial charge in [-0.3, -0.25) is 14.8 Å². The highest BCUT2D eigenvalue weighted by atomic mass is 19.1. The van der Waals surface area contributed by atoms with Crippen molar-refractivity contribution in [1.82, 2.24) is 15.1 Å². The first-order valence-electron chi connectivity index (χ1n) is 11.0. The van der Waals surface area contributed by atoms with Crippen LogP contribution in [-0.4, -0.2) is 28.3 Å². The van der Waals surface area contributed by atoms with Crippen molar-refractivity contribution in [3.05, 3.63) is 76.9 Å². The van der Waals surface area contributed by atoms with Crippen LogP contribution in [0.5, 0.6) is 5.75 Å². The van der Waals surface area contributed by atoms with E-state index in [0.717, 1.165) is 24.2 Å². The number of rotatable bonds is 8. The van der Waals surface area contributed by atoms with Crippen molar-refractivity contribution in [2.75, 3.05) is 11.9 Å². The maximum atomic E-state index is 14.0. The number of nitrogens with one attached hydrogen (secondary N) is 2. The number of para-hydroxylation sites is 2. The minimum atomic E-state index is -0.465. The van der Waals surface area contributed by atoms with E-state index in [1.54, 1.807) is 19.1 Å². The average Bonchev–Trinajstić information content (AvgIpc) is 3.14. The van der Waals surface area contributed by atoms with E-state index >= 15 is 0 Å². The standard InChI is InChI=1S/C25H30FN5O2/c1-5-13-31-16-20(18(4)30-31)15-27-25(28-22-9-7-8-10-23(22)33-6-2)29-24(32)19-12-11-17(3)21(26)14-19/h7-12,14,16H,5-6,13,15H2,1-4H3,(H2,27,28,29,32).